The standard InChI is InChI=1S/C20H15Br2N/c21-19-7-4-8-20(22)18(19)14-11-15-9-12-17(13-10-15)23-16-5-2-1-3-6-16/h1-14,23H. The zero-order chi connectivity index (χ0) is 16.1. The van der Waals surface area contributed by atoms with Crippen LogP contribution in [0, 0.1) is 0 Å². The fourth-order valence-electron chi connectivity index (χ4n) is 2.22. The summed E-state index contributed by atoms with van der Waals surface area (Å²) in [5.74, 6) is 0. The Morgan fingerprint density at radius 3 is 1.87 bits per heavy atom. The van der Waals surface area contributed by atoms with Crippen LogP contribution in [0.25, 0.3) is 12.2 Å². The van der Waals surface area contributed by atoms with Crippen molar-refractivity contribution in [2.75, 3.05) is 5.32 Å². The molecule has 0 aromatic heterocycles. The minimum absolute atomic E-state index is 1.07. The number of nitrogens with one attached hydrogen (secondary N) is 1. The highest BCUT2D eigenvalue weighted by Crippen LogP contribution is 2.27. The van der Waals surface area contributed by atoms with E-state index in [2.05, 4.69) is 85.7 Å². The van der Waals surface area contributed by atoms with Crippen LogP contribution in [0.5, 0.6) is 0 Å². The summed E-state index contributed by atoms with van der Waals surface area (Å²) < 4.78 is 2.15. The normalized spacial score (nSPS) is 10.9. The molecule has 0 radical (unpaired) electrons. The number of hydrogen-bond donors (Lipinski definition) is 1. The van der Waals surface area contributed by atoms with Crippen molar-refractivity contribution in [3.8, 4) is 0 Å². The van der Waals surface area contributed by atoms with Crippen LogP contribution in [0.2, 0.25) is 0 Å². The lowest BCUT2D eigenvalue weighted by Crippen LogP contribution is -1.89. The van der Waals surface area contributed by atoms with E-state index in [1.165, 1.54) is 0 Å². The van der Waals surface area contributed by atoms with E-state index >= 15 is 0 Å². The maximum Gasteiger partial charge on any atom is 0.0384 e. The quantitative estimate of drug-likeness (QED) is 0.436. The molecule has 0 aliphatic carbocycles. The second kappa shape index (κ2) is 7.62. The fraction of sp³-hybridized carbons (Fsp3) is 0. The summed E-state index contributed by atoms with van der Waals surface area (Å²) in [6.45, 7) is 0. The van der Waals surface area contributed by atoms with Crippen LogP contribution in [0.3, 0.4) is 0 Å². The van der Waals surface area contributed by atoms with E-state index in [4.69, 9.17) is 0 Å². The topological polar surface area (TPSA) is 12.0 Å². The maximum atomic E-state index is 3.58. The Balaban J connectivity index is 1.74. The Kier molecular flexibility index (Phi) is 5.31. The maximum absolute atomic E-state index is 3.58. The van der Waals surface area contributed by atoms with E-state index in [9.17, 15) is 0 Å². The predicted molar refractivity (Wildman–Crippen MR) is 107 cm³/mol. The lowest BCUT2D eigenvalue weighted by atomic mass is 10.1. The summed E-state index contributed by atoms with van der Waals surface area (Å²) in [7, 11) is 0. The Hall–Kier alpha value is -1.84. The molecule has 0 aliphatic rings. The van der Waals surface area contributed by atoms with Gasteiger partial charge in [-0.15, -0.1) is 0 Å². The van der Waals surface area contributed by atoms with Crippen LogP contribution in [-0.4, -0.2) is 0 Å². The minimum atomic E-state index is 1.07. The lowest BCUT2D eigenvalue weighted by molar-refractivity contribution is 1.54. The highest BCUT2D eigenvalue weighted by atomic mass is 79.9. The summed E-state index contributed by atoms with van der Waals surface area (Å²) in [4.78, 5) is 0. The second-order valence-corrected chi connectivity index (χ2v) is 6.79. The van der Waals surface area contributed by atoms with Gasteiger partial charge in [0.15, 0.2) is 0 Å². The molecule has 0 heterocycles. The number of halogens is 2. The molecule has 1 nitrogen and oxygen atoms in total. The van der Waals surface area contributed by atoms with Gasteiger partial charge in [-0.1, -0.05) is 80.4 Å². The number of hydrogen-bond acceptors (Lipinski definition) is 1. The van der Waals surface area contributed by atoms with Crippen molar-refractivity contribution in [3.05, 3.63) is 92.9 Å². The summed E-state index contributed by atoms with van der Waals surface area (Å²) in [6, 6.07) is 24.6. The summed E-state index contributed by atoms with van der Waals surface area (Å²) in [5, 5.41) is 3.38. The van der Waals surface area contributed by atoms with Crippen molar-refractivity contribution in [1.82, 2.24) is 0 Å². The monoisotopic (exact) mass is 427 g/mol. The number of anilines is 2. The molecule has 1 N–H and O–H groups in total. The van der Waals surface area contributed by atoms with Gasteiger partial charge in [0.05, 0.1) is 0 Å². The molecule has 0 saturated carbocycles. The molecule has 0 atom stereocenters. The first-order chi connectivity index (χ1) is 11.2. The Morgan fingerprint density at radius 1 is 0.609 bits per heavy atom. The van der Waals surface area contributed by atoms with Crippen LogP contribution in [0.1, 0.15) is 11.1 Å². The van der Waals surface area contributed by atoms with Crippen molar-refractivity contribution in [2.24, 2.45) is 0 Å². The molecule has 114 valence electrons. The predicted octanol–water partition coefficient (Wildman–Crippen LogP) is 7.13. The average Bonchev–Trinajstić information content (AvgIpc) is 2.57. The van der Waals surface area contributed by atoms with E-state index < -0.39 is 0 Å². The summed E-state index contributed by atoms with van der Waals surface area (Å²) >= 11 is 7.16. The number of rotatable bonds is 4. The fourth-order valence-corrected chi connectivity index (χ4v) is 3.48. The number of benzene rings is 3. The van der Waals surface area contributed by atoms with Gasteiger partial charge < -0.3 is 5.32 Å². The van der Waals surface area contributed by atoms with E-state index in [1.807, 2.05) is 36.4 Å². The Labute approximate surface area is 153 Å². The largest absolute Gasteiger partial charge is 0.356 e. The van der Waals surface area contributed by atoms with E-state index in [-0.39, 0.29) is 0 Å². The van der Waals surface area contributed by atoms with Gasteiger partial charge in [-0.25, -0.2) is 0 Å². The molecule has 0 bridgehead atoms. The van der Waals surface area contributed by atoms with Crippen molar-refractivity contribution < 1.29 is 0 Å². The minimum Gasteiger partial charge on any atom is -0.356 e. The molecule has 0 fully saturated rings. The van der Waals surface area contributed by atoms with Gasteiger partial charge in [-0.2, -0.15) is 0 Å². The van der Waals surface area contributed by atoms with Gasteiger partial charge in [0.1, 0.15) is 0 Å². The van der Waals surface area contributed by atoms with Gasteiger partial charge in [0.25, 0.3) is 0 Å². The summed E-state index contributed by atoms with van der Waals surface area (Å²) in [6.07, 6.45) is 4.21. The molecular formula is C20H15Br2N. The first-order valence-electron chi connectivity index (χ1n) is 7.26. The van der Waals surface area contributed by atoms with Crippen molar-refractivity contribution in [3.63, 3.8) is 0 Å². The van der Waals surface area contributed by atoms with E-state index in [0.717, 1.165) is 31.4 Å². The van der Waals surface area contributed by atoms with Gasteiger partial charge in [0, 0.05) is 25.9 Å². The van der Waals surface area contributed by atoms with Crippen LogP contribution in [0.15, 0.2) is 81.7 Å². The molecule has 3 heteroatoms. The second-order valence-electron chi connectivity index (χ2n) is 5.08. The first-order valence-corrected chi connectivity index (χ1v) is 8.85. The van der Waals surface area contributed by atoms with Crippen molar-refractivity contribution in [2.45, 2.75) is 0 Å². The average molecular weight is 429 g/mol. The van der Waals surface area contributed by atoms with E-state index in [1.54, 1.807) is 0 Å². The summed E-state index contributed by atoms with van der Waals surface area (Å²) in [5.41, 5.74) is 4.47. The highest BCUT2D eigenvalue weighted by molar-refractivity contribution is 9.11. The lowest BCUT2D eigenvalue weighted by Gasteiger charge is -2.06. The molecule has 0 spiro atoms. The third-order valence-electron chi connectivity index (χ3n) is 3.42. The molecule has 0 amide bonds. The van der Waals surface area contributed by atoms with E-state index in [0.29, 0.717) is 0 Å². The molecule has 3 aromatic carbocycles. The Bertz CT molecular complexity index is 789. The molecular weight excluding hydrogens is 414 g/mol. The smallest absolute Gasteiger partial charge is 0.0384 e. The Morgan fingerprint density at radius 2 is 1.22 bits per heavy atom. The molecule has 3 aromatic rings. The van der Waals surface area contributed by atoms with Crippen LogP contribution < -0.4 is 5.32 Å². The van der Waals surface area contributed by atoms with Crippen LogP contribution in [-0.2, 0) is 0 Å². The van der Waals surface area contributed by atoms with Crippen LogP contribution in [0.4, 0.5) is 11.4 Å². The van der Waals surface area contributed by atoms with Crippen LogP contribution >= 0.6 is 31.9 Å². The number of para-hydroxylation sites is 1. The van der Waals surface area contributed by atoms with Gasteiger partial charge in [-0.05, 0) is 42.0 Å². The molecule has 3 rings (SSSR count). The van der Waals surface area contributed by atoms with Gasteiger partial charge in [0.2, 0.25) is 0 Å². The molecule has 23 heavy (non-hydrogen) atoms. The SMILES string of the molecule is Brc1cccc(Br)c1C=Cc1ccc(Nc2ccccc2)cc1. The zero-order valence-corrected chi connectivity index (χ0v) is 15.5. The van der Waals surface area contributed by atoms with Gasteiger partial charge in [-0.3, -0.25) is 0 Å². The highest BCUT2D eigenvalue weighted by Gasteiger charge is 2.00. The zero-order valence-electron chi connectivity index (χ0n) is 12.3. The molecule has 0 unspecified atom stereocenters. The van der Waals surface area contributed by atoms with Crippen molar-refractivity contribution >= 4 is 55.4 Å². The third-order valence-corrected chi connectivity index (χ3v) is 4.80. The molecule has 0 saturated heterocycles. The first kappa shape index (κ1) is 16.0. The third kappa shape index (κ3) is 4.34. The molecule has 0 aliphatic heterocycles. The van der Waals surface area contributed by atoms with Crippen molar-refractivity contribution in [1.29, 1.82) is 0 Å². The van der Waals surface area contributed by atoms with Gasteiger partial charge >= 0.3 is 0 Å².